The first-order valence-electron chi connectivity index (χ1n) is 4.58. The molecule has 2 aromatic rings. The number of nitrogens with zero attached hydrogens (tertiary/aromatic N) is 2. The molecule has 1 aromatic carbocycles. The third-order valence-corrected chi connectivity index (χ3v) is 1.86. The van der Waals surface area contributed by atoms with Gasteiger partial charge < -0.3 is 4.74 Å². The molecule has 0 aliphatic heterocycles. The van der Waals surface area contributed by atoms with Crippen LogP contribution in [0.25, 0.3) is 0 Å². The predicted octanol–water partition coefficient (Wildman–Crippen LogP) is 1.29. The van der Waals surface area contributed by atoms with Gasteiger partial charge in [-0.25, -0.2) is 19.1 Å². The fraction of sp³-hybridized carbons (Fsp3) is 0. The van der Waals surface area contributed by atoms with E-state index in [0.717, 1.165) is 4.57 Å². The second-order valence-electron chi connectivity index (χ2n) is 2.95. The van der Waals surface area contributed by atoms with Crippen molar-refractivity contribution in [2.24, 2.45) is 0 Å². The lowest BCUT2D eigenvalue weighted by Gasteiger charge is -2.04. The van der Waals surface area contributed by atoms with Crippen LogP contribution in [-0.4, -0.2) is 15.6 Å². The van der Waals surface area contributed by atoms with Crippen molar-refractivity contribution < 1.29 is 9.53 Å². The minimum Gasteiger partial charge on any atom is -0.410 e. The number of rotatable bonds is 1. The van der Waals surface area contributed by atoms with Crippen molar-refractivity contribution in [3.63, 3.8) is 0 Å². The van der Waals surface area contributed by atoms with Gasteiger partial charge in [0.1, 0.15) is 5.75 Å². The zero-order valence-electron chi connectivity index (χ0n) is 8.24. The summed E-state index contributed by atoms with van der Waals surface area (Å²) in [6, 6.07) is 9.99. The maximum absolute atomic E-state index is 11.5. The highest BCUT2D eigenvalue weighted by atomic mass is 16.6. The summed E-state index contributed by atoms with van der Waals surface area (Å²) in [5.41, 5.74) is -0.663. The third-order valence-electron chi connectivity index (χ3n) is 1.86. The predicted molar refractivity (Wildman–Crippen MR) is 56.4 cm³/mol. The quantitative estimate of drug-likeness (QED) is 0.720. The standard InChI is InChI=1S/C11H8N2O3/c14-10-12-7-4-8-13(10)11(15)16-9-5-2-1-3-6-9/h1-8H. The molecule has 0 amide bonds. The summed E-state index contributed by atoms with van der Waals surface area (Å²) in [6.45, 7) is 0. The van der Waals surface area contributed by atoms with Gasteiger partial charge in [-0.05, 0) is 18.2 Å². The molecule has 2 rings (SSSR count). The van der Waals surface area contributed by atoms with E-state index in [1.165, 1.54) is 18.5 Å². The summed E-state index contributed by atoms with van der Waals surface area (Å²) in [5.74, 6) is 0.378. The molecule has 0 spiro atoms. The molecule has 5 nitrogen and oxygen atoms in total. The molecule has 80 valence electrons. The Kier molecular flexibility index (Phi) is 2.77. The molecule has 0 aliphatic rings. The smallest absolute Gasteiger partial charge is 0.410 e. The van der Waals surface area contributed by atoms with E-state index in [1.54, 1.807) is 30.3 Å². The van der Waals surface area contributed by atoms with Crippen LogP contribution in [0.15, 0.2) is 53.6 Å². The molecule has 0 saturated heterocycles. The number of aromatic nitrogens is 2. The lowest BCUT2D eigenvalue weighted by atomic mass is 10.3. The summed E-state index contributed by atoms with van der Waals surface area (Å²) in [5, 5.41) is 0. The molecule has 0 aliphatic carbocycles. The van der Waals surface area contributed by atoms with Crippen molar-refractivity contribution in [2.45, 2.75) is 0 Å². The molecule has 1 aromatic heterocycles. The van der Waals surface area contributed by atoms with E-state index in [0.29, 0.717) is 5.75 Å². The van der Waals surface area contributed by atoms with Crippen molar-refractivity contribution >= 4 is 6.09 Å². The Balaban J connectivity index is 2.22. The second kappa shape index (κ2) is 4.39. The van der Waals surface area contributed by atoms with Crippen LogP contribution in [0.2, 0.25) is 0 Å². The highest BCUT2D eigenvalue weighted by Crippen LogP contribution is 2.08. The van der Waals surface area contributed by atoms with Gasteiger partial charge in [-0.15, -0.1) is 0 Å². The number of hydrogen-bond donors (Lipinski definition) is 0. The Morgan fingerprint density at radius 3 is 2.62 bits per heavy atom. The molecule has 0 N–H and O–H groups in total. The summed E-state index contributed by atoms with van der Waals surface area (Å²) in [6.07, 6.45) is 1.85. The first-order valence-corrected chi connectivity index (χ1v) is 4.58. The van der Waals surface area contributed by atoms with E-state index >= 15 is 0 Å². The molecule has 0 radical (unpaired) electrons. The minimum atomic E-state index is -0.774. The van der Waals surface area contributed by atoms with Crippen LogP contribution >= 0.6 is 0 Å². The van der Waals surface area contributed by atoms with Gasteiger partial charge in [-0.1, -0.05) is 18.2 Å². The first kappa shape index (κ1) is 10.1. The fourth-order valence-electron chi connectivity index (χ4n) is 1.13. The lowest BCUT2D eigenvalue weighted by molar-refractivity contribution is 0.201. The Hall–Kier alpha value is -2.43. The van der Waals surface area contributed by atoms with E-state index in [2.05, 4.69) is 4.98 Å². The summed E-state index contributed by atoms with van der Waals surface area (Å²) in [7, 11) is 0. The SMILES string of the molecule is O=C(Oc1ccccc1)n1cccnc1=O. The summed E-state index contributed by atoms with van der Waals surface area (Å²) in [4.78, 5) is 26.2. The van der Waals surface area contributed by atoms with Crippen LogP contribution in [0.3, 0.4) is 0 Å². The van der Waals surface area contributed by atoms with Gasteiger partial charge >= 0.3 is 11.8 Å². The molecule has 0 fully saturated rings. The number of carbonyl (C=O) groups is 1. The Morgan fingerprint density at radius 2 is 1.94 bits per heavy atom. The lowest BCUT2D eigenvalue weighted by Crippen LogP contribution is -2.30. The van der Waals surface area contributed by atoms with Crippen molar-refractivity contribution in [1.82, 2.24) is 9.55 Å². The number of hydrogen-bond acceptors (Lipinski definition) is 4. The molecule has 0 saturated carbocycles. The van der Waals surface area contributed by atoms with E-state index in [-0.39, 0.29) is 0 Å². The molecule has 16 heavy (non-hydrogen) atoms. The Morgan fingerprint density at radius 1 is 1.19 bits per heavy atom. The van der Waals surface area contributed by atoms with Crippen molar-refractivity contribution in [3.8, 4) is 5.75 Å². The van der Waals surface area contributed by atoms with Crippen LogP contribution in [-0.2, 0) is 0 Å². The minimum absolute atomic E-state index is 0.378. The van der Waals surface area contributed by atoms with Gasteiger partial charge in [-0.2, -0.15) is 0 Å². The van der Waals surface area contributed by atoms with Crippen molar-refractivity contribution in [2.75, 3.05) is 0 Å². The molecule has 0 atom stereocenters. The normalized spacial score (nSPS) is 9.75. The molecular formula is C11H8N2O3. The van der Waals surface area contributed by atoms with E-state index in [9.17, 15) is 9.59 Å². The van der Waals surface area contributed by atoms with Crippen LogP contribution in [0.4, 0.5) is 4.79 Å². The maximum Gasteiger partial charge on any atom is 0.427 e. The van der Waals surface area contributed by atoms with Gasteiger partial charge in [0.15, 0.2) is 0 Å². The molecule has 5 heteroatoms. The molecule has 0 bridgehead atoms. The fourth-order valence-corrected chi connectivity index (χ4v) is 1.13. The van der Waals surface area contributed by atoms with E-state index < -0.39 is 11.8 Å². The zero-order chi connectivity index (χ0) is 11.4. The third kappa shape index (κ3) is 2.14. The second-order valence-corrected chi connectivity index (χ2v) is 2.95. The zero-order valence-corrected chi connectivity index (χ0v) is 8.24. The van der Waals surface area contributed by atoms with Gasteiger partial charge in [-0.3, -0.25) is 0 Å². The molecular weight excluding hydrogens is 208 g/mol. The number of carbonyl (C=O) groups excluding carboxylic acids is 1. The van der Waals surface area contributed by atoms with Gasteiger partial charge in [0, 0.05) is 12.4 Å². The summed E-state index contributed by atoms with van der Waals surface area (Å²) < 4.78 is 5.76. The van der Waals surface area contributed by atoms with Crippen LogP contribution in [0, 0.1) is 0 Å². The van der Waals surface area contributed by atoms with Gasteiger partial charge in [0.25, 0.3) is 0 Å². The van der Waals surface area contributed by atoms with Crippen LogP contribution < -0.4 is 10.4 Å². The van der Waals surface area contributed by atoms with Crippen molar-refractivity contribution in [1.29, 1.82) is 0 Å². The molecule has 1 heterocycles. The number of benzene rings is 1. The van der Waals surface area contributed by atoms with Gasteiger partial charge in [0.2, 0.25) is 0 Å². The number of para-hydroxylation sites is 1. The topological polar surface area (TPSA) is 61.2 Å². The van der Waals surface area contributed by atoms with Crippen LogP contribution in [0.1, 0.15) is 0 Å². The van der Waals surface area contributed by atoms with Gasteiger partial charge in [0.05, 0.1) is 0 Å². The highest BCUT2D eigenvalue weighted by Gasteiger charge is 2.08. The first-order chi connectivity index (χ1) is 7.77. The summed E-state index contributed by atoms with van der Waals surface area (Å²) >= 11 is 0. The Labute approximate surface area is 90.9 Å². The van der Waals surface area contributed by atoms with Crippen molar-refractivity contribution in [3.05, 3.63) is 59.3 Å². The molecule has 0 unspecified atom stereocenters. The average Bonchev–Trinajstić information content (AvgIpc) is 2.31. The van der Waals surface area contributed by atoms with Crippen LogP contribution in [0.5, 0.6) is 5.75 Å². The number of ether oxygens (including phenoxy) is 1. The Bertz CT molecular complexity index is 548. The highest BCUT2D eigenvalue weighted by molar-refractivity contribution is 5.72. The van der Waals surface area contributed by atoms with E-state index in [1.807, 2.05) is 0 Å². The average molecular weight is 216 g/mol. The largest absolute Gasteiger partial charge is 0.427 e. The van der Waals surface area contributed by atoms with E-state index in [4.69, 9.17) is 4.74 Å². The monoisotopic (exact) mass is 216 g/mol. The maximum atomic E-state index is 11.5.